The monoisotopic (exact) mass is 846 g/mol. The first-order chi connectivity index (χ1) is 27.9. The van der Waals surface area contributed by atoms with E-state index in [0.717, 1.165) is 21.0 Å². The molecule has 17 atom stereocenters. The van der Waals surface area contributed by atoms with E-state index in [0.29, 0.717) is 0 Å². The molecule has 4 bridgehead atoms. The second-order valence-corrected chi connectivity index (χ2v) is 19.1. The minimum atomic E-state index is -2.60. The lowest BCUT2D eigenvalue weighted by atomic mass is 9.33. The maximum absolute atomic E-state index is 14.7. The van der Waals surface area contributed by atoms with Crippen LogP contribution in [0.15, 0.2) is 23.0 Å². The maximum Gasteiger partial charge on any atom is 0.348 e. The van der Waals surface area contributed by atoms with Crippen molar-refractivity contribution in [2.75, 3.05) is 7.11 Å². The Labute approximate surface area is 343 Å². The second kappa shape index (κ2) is 11.9. The highest BCUT2D eigenvalue weighted by Gasteiger charge is 3.11. The standard InChI is InChI=1S/C41H50O19/c1-16(2)27(46)56-26-30(49)55-25(20-11-12-52-13-20)36-15-37(26,36)41-32-39(57-28(47)17(3)4)31(54-19(6)43)33(7)14-38(39,50)34(8,22(33)21(29(48)51-10)53-18(5)42)40(41,24(45)23(36)44)59-35(9,58-32)60-41/h11-13,16-17,21-26,31-32,44-45,50H,14-15H2,1-10H3/t21-,22+,23+,24-,25+,26+,31+,32-,33+,34-,35?,36+,37-,38-,39+,40+,41+/m1/s1. The van der Waals surface area contributed by atoms with E-state index >= 15 is 0 Å². The molecule has 60 heavy (non-hydrogen) atoms. The third-order valence-electron chi connectivity index (χ3n) is 15.7. The summed E-state index contributed by atoms with van der Waals surface area (Å²) >= 11 is 0. The van der Waals surface area contributed by atoms with Crippen molar-refractivity contribution in [1.82, 2.24) is 0 Å². The van der Waals surface area contributed by atoms with Gasteiger partial charge in [0, 0.05) is 43.1 Å². The summed E-state index contributed by atoms with van der Waals surface area (Å²) in [5, 5.41) is 40.3. The molecule has 0 amide bonds. The minimum absolute atomic E-state index is 0.250. The number of hydrogen-bond donors (Lipinski definition) is 3. The first-order valence-electron chi connectivity index (χ1n) is 20.1. The number of fused-ring (bicyclic) bond motifs is 3. The molecule has 0 aromatic carbocycles. The Hall–Kier alpha value is -4.14. The van der Waals surface area contributed by atoms with Gasteiger partial charge in [0.2, 0.25) is 17.8 Å². The molecule has 1 spiro atoms. The molecule has 3 saturated heterocycles. The van der Waals surface area contributed by atoms with Crippen LogP contribution in [-0.4, -0.2) is 123 Å². The van der Waals surface area contributed by atoms with E-state index in [4.69, 9.17) is 47.0 Å². The fourth-order valence-electron chi connectivity index (χ4n) is 14.2. The van der Waals surface area contributed by atoms with Crippen molar-refractivity contribution >= 4 is 35.8 Å². The van der Waals surface area contributed by atoms with Gasteiger partial charge in [-0.3, -0.25) is 19.2 Å². The van der Waals surface area contributed by atoms with Crippen LogP contribution in [-0.2, 0) is 71.4 Å². The molecule has 1 aromatic rings. The van der Waals surface area contributed by atoms with Crippen molar-refractivity contribution in [3.63, 3.8) is 0 Å². The fourth-order valence-corrected chi connectivity index (χ4v) is 14.2. The Morgan fingerprint density at radius 3 is 2.08 bits per heavy atom. The van der Waals surface area contributed by atoms with Gasteiger partial charge in [-0.1, -0.05) is 41.5 Å². The van der Waals surface area contributed by atoms with E-state index in [1.807, 2.05) is 0 Å². The van der Waals surface area contributed by atoms with Crippen LogP contribution in [0.1, 0.15) is 86.8 Å². The van der Waals surface area contributed by atoms with Crippen LogP contribution < -0.4 is 0 Å². The quantitative estimate of drug-likeness (QED) is 0.231. The Morgan fingerprint density at radius 2 is 1.52 bits per heavy atom. The number of hydrogen-bond acceptors (Lipinski definition) is 19. The number of cyclic esters (lactones) is 1. The summed E-state index contributed by atoms with van der Waals surface area (Å²) in [5.74, 6) is -11.4. The molecule has 1 unspecified atom stereocenters. The normalized spacial score (nSPS) is 49.9. The van der Waals surface area contributed by atoms with Gasteiger partial charge in [-0.25, -0.2) is 9.59 Å². The molecule has 5 saturated carbocycles. The number of carbonyl (C=O) groups excluding carboxylic acids is 6. The molecule has 1 aromatic heterocycles. The van der Waals surface area contributed by atoms with Crippen LogP contribution in [0.2, 0.25) is 0 Å². The molecule has 0 radical (unpaired) electrons. The lowest BCUT2D eigenvalue weighted by molar-refractivity contribution is -0.472. The summed E-state index contributed by atoms with van der Waals surface area (Å²) in [7, 11) is 1.04. The summed E-state index contributed by atoms with van der Waals surface area (Å²) < 4.78 is 62.2. The summed E-state index contributed by atoms with van der Waals surface area (Å²) in [5.41, 5.74) is -17.9. The van der Waals surface area contributed by atoms with Gasteiger partial charge in [-0.2, -0.15) is 0 Å². The molecule has 3 N–H and O–H groups in total. The van der Waals surface area contributed by atoms with E-state index in [2.05, 4.69) is 0 Å². The van der Waals surface area contributed by atoms with Crippen molar-refractivity contribution in [1.29, 1.82) is 0 Å². The topological polar surface area (TPSA) is 259 Å². The van der Waals surface area contributed by atoms with E-state index in [9.17, 15) is 44.1 Å². The van der Waals surface area contributed by atoms with Crippen molar-refractivity contribution in [2.24, 2.45) is 39.4 Å². The summed E-state index contributed by atoms with van der Waals surface area (Å²) in [6, 6.07) is 1.49. The van der Waals surface area contributed by atoms with Crippen LogP contribution >= 0.6 is 0 Å². The molecule has 328 valence electrons. The highest BCUT2D eigenvalue weighted by molar-refractivity contribution is 5.85. The number of esters is 6. The lowest BCUT2D eigenvalue weighted by Crippen LogP contribution is -2.97. The number of methoxy groups -OCH3 is 1. The molecular weight excluding hydrogens is 796 g/mol. The number of aliphatic hydroxyl groups excluding tert-OH is 2. The van der Waals surface area contributed by atoms with Crippen LogP contribution in [0.4, 0.5) is 0 Å². The molecule has 4 heterocycles. The Bertz CT molecular complexity index is 2120. The van der Waals surface area contributed by atoms with Gasteiger partial charge < -0.3 is 62.4 Å². The number of rotatable bonds is 9. The molecule has 8 fully saturated rings. The Morgan fingerprint density at radius 1 is 0.867 bits per heavy atom. The SMILES string of the molecule is COC(=O)[C@H](OC(C)=O)[C@H]1[C@]2(C)C[C@]3(O)[C@@](OC(=O)C(C)C)([C@H]4OC5(C)O[C@@]6([C@H](O)[C@H](O)[C@]78C[C@]7([C@@H](OC(=O)C(C)C)C(=O)O[C@H]8c7ccoc7)[C@@]46O5)[C@]13C)[C@H]2OC(C)=O. The number of aliphatic hydroxyl groups is 3. The van der Waals surface area contributed by atoms with Gasteiger partial charge in [-0.05, 0) is 18.9 Å². The first-order valence-corrected chi connectivity index (χ1v) is 20.1. The zero-order valence-corrected chi connectivity index (χ0v) is 34.8. The fraction of sp³-hybridized carbons (Fsp3) is 0.756. The van der Waals surface area contributed by atoms with Gasteiger partial charge >= 0.3 is 35.8 Å². The van der Waals surface area contributed by atoms with Crippen molar-refractivity contribution in [2.45, 2.75) is 146 Å². The highest BCUT2D eigenvalue weighted by atomic mass is 17.0. The molecule has 8 aliphatic rings. The van der Waals surface area contributed by atoms with Crippen LogP contribution in [0.3, 0.4) is 0 Å². The zero-order chi connectivity index (χ0) is 43.9. The average Bonchev–Trinajstić information content (AvgIpc) is 3.51. The molecule has 3 aliphatic heterocycles. The number of carbonyl (C=O) groups is 6. The van der Waals surface area contributed by atoms with E-state index < -0.39 is 153 Å². The van der Waals surface area contributed by atoms with Crippen molar-refractivity contribution in [3.8, 4) is 0 Å². The van der Waals surface area contributed by atoms with Crippen molar-refractivity contribution in [3.05, 3.63) is 24.2 Å². The van der Waals surface area contributed by atoms with Gasteiger partial charge in [0.1, 0.15) is 35.1 Å². The minimum Gasteiger partial charge on any atom is -0.472 e. The summed E-state index contributed by atoms with van der Waals surface area (Å²) in [6.45, 7) is 12.5. The van der Waals surface area contributed by atoms with Gasteiger partial charge in [0.15, 0.2) is 6.10 Å². The maximum atomic E-state index is 14.7. The Balaban J connectivity index is 1.45. The predicted molar refractivity (Wildman–Crippen MR) is 191 cm³/mol. The van der Waals surface area contributed by atoms with Crippen LogP contribution in [0.25, 0.3) is 0 Å². The summed E-state index contributed by atoms with van der Waals surface area (Å²) in [4.78, 5) is 83.3. The van der Waals surface area contributed by atoms with Crippen LogP contribution in [0, 0.1) is 39.4 Å². The predicted octanol–water partition coefficient (Wildman–Crippen LogP) is 0.919. The first kappa shape index (κ1) is 41.2. The molecule has 5 aliphatic carbocycles. The zero-order valence-electron chi connectivity index (χ0n) is 34.8. The highest BCUT2D eigenvalue weighted by Crippen LogP contribution is 2.95. The molecule has 19 nitrogen and oxygen atoms in total. The van der Waals surface area contributed by atoms with Gasteiger partial charge in [0.05, 0.1) is 48.4 Å². The molecule has 9 rings (SSSR count). The third kappa shape index (κ3) is 3.96. The molecular formula is C41H50O19. The smallest absolute Gasteiger partial charge is 0.348 e. The van der Waals surface area contributed by atoms with Crippen LogP contribution in [0.5, 0.6) is 0 Å². The third-order valence-corrected chi connectivity index (χ3v) is 15.7. The summed E-state index contributed by atoms with van der Waals surface area (Å²) in [6.07, 6.45) is -11.3. The number of ether oxygens (including phenoxy) is 9. The van der Waals surface area contributed by atoms with E-state index in [-0.39, 0.29) is 12.0 Å². The molecule has 19 heteroatoms. The van der Waals surface area contributed by atoms with E-state index in [1.54, 1.807) is 0 Å². The number of furan rings is 1. The lowest BCUT2D eigenvalue weighted by Gasteiger charge is -2.77. The average molecular weight is 847 g/mol. The van der Waals surface area contributed by atoms with Crippen molar-refractivity contribution < 1.29 is 91.1 Å². The van der Waals surface area contributed by atoms with Gasteiger partial charge in [-0.15, -0.1) is 0 Å². The van der Waals surface area contributed by atoms with E-state index in [1.165, 1.54) is 67.1 Å². The largest absolute Gasteiger partial charge is 0.472 e. The van der Waals surface area contributed by atoms with Gasteiger partial charge in [0.25, 0.3) is 5.97 Å². The Kier molecular flexibility index (Phi) is 8.15. The second-order valence-electron chi connectivity index (χ2n) is 19.1.